The molecule has 0 aromatic heterocycles. The first kappa shape index (κ1) is 25.9. The first-order valence-electron chi connectivity index (χ1n) is 4.24. The molecule has 84 valence electrons. The number of benzene rings is 1. The molecule has 0 fully saturated rings. The molecule has 0 unspecified atom stereocenters. The van der Waals surface area contributed by atoms with E-state index in [0.717, 1.165) is 12.0 Å². The Kier molecular flexibility index (Phi) is 22.7. The molecule has 0 amide bonds. The van der Waals surface area contributed by atoms with Crippen molar-refractivity contribution >= 4 is 10.4 Å². The smallest absolute Gasteiger partial charge is 1.00 e. The van der Waals surface area contributed by atoms with Gasteiger partial charge in [-0.3, -0.25) is 4.55 Å². The van der Waals surface area contributed by atoms with Crippen LogP contribution in [0, 0.1) is 0 Å². The van der Waals surface area contributed by atoms with Crippen molar-refractivity contribution in [2.24, 2.45) is 0 Å². The van der Waals surface area contributed by atoms with Crippen molar-refractivity contribution in [3.63, 3.8) is 0 Å². The molecule has 0 aliphatic carbocycles. The zero-order valence-electron chi connectivity index (χ0n) is 13.6. The fourth-order valence-electron chi connectivity index (χ4n) is 1.09. The van der Waals surface area contributed by atoms with Gasteiger partial charge in [0.1, 0.15) is 0 Å². The van der Waals surface area contributed by atoms with Gasteiger partial charge in [-0.2, -0.15) is 8.42 Å². The molecule has 17 heavy (non-hydrogen) atoms. The molecule has 1 rings (SSSR count). The summed E-state index contributed by atoms with van der Waals surface area (Å²) < 4.78 is 32.8. The van der Waals surface area contributed by atoms with Crippen LogP contribution in [0.4, 0.5) is 0 Å². The van der Waals surface area contributed by atoms with Crippen molar-refractivity contribution in [1.29, 1.82) is 0 Å². The summed E-state index contributed by atoms with van der Waals surface area (Å²) in [5.41, 5.74) is 1.12. The molecule has 0 heterocycles. The van der Waals surface area contributed by atoms with Crippen molar-refractivity contribution < 1.29 is 176 Å². The average molecular weight is 337 g/mol. The van der Waals surface area contributed by atoms with Crippen LogP contribution < -0.4 is 154 Å². The Morgan fingerprint density at radius 1 is 1.12 bits per heavy atom. The molecule has 0 saturated heterocycles. The number of hydrogen-bond acceptors (Lipinski definition) is 3. The van der Waals surface area contributed by atoms with Crippen LogP contribution in [0.1, 0.15) is 16.3 Å². The van der Waals surface area contributed by atoms with E-state index in [0.29, 0.717) is 6.42 Å². The van der Waals surface area contributed by atoms with Gasteiger partial charge in [-0.25, -0.2) is 4.18 Å². The third-order valence-corrected chi connectivity index (χ3v) is 2.15. The van der Waals surface area contributed by atoms with E-state index in [4.69, 9.17) is 4.55 Å². The summed E-state index contributed by atoms with van der Waals surface area (Å²) in [7, 11) is -4.28. The van der Waals surface area contributed by atoms with E-state index < -0.39 is 10.4 Å². The van der Waals surface area contributed by atoms with E-state index in [1.165, 1.54) is 0 Å². The molecule has 0 bridgehead atoms. The molecule has 0 aliphatic heterocycles. The van der Waals surface area contributed by atoms with Gasteiger partial charge in [-0.05, 0) is 18.4 Å². The molecule has 0 saturated carbocycles. The summed E-state index contributed by atoms with van der Waals surface area (Å²) >= 11 is 0. The van der Waals surface area contributed by atoms with Gasteiger partial charge in [-0.1, -0.05) is 30.3 Å². The Balaban J connectivity index is -0.0000000817. The first-order valence-corrected chi connectivity index (χ1v) is 5.60. The summed E-state index contributed by atoms with van der Waals surface area (Å²) in [6, 6.07) is 9.65. The van der Waals surface area contributed by atoms with Crippen LogP contribution in [0.15, 0.2) is 30.3 Å². The second kappa shape index (κ2) is 14.9. The van der Waals surface area contributed by atoms with Crippen molar-refractivity contribution in [2.45, 2.75) is 12.8 Å². The first-order chi connectivity index (χ1) is 6.58. The number of aryl methyl sites for hydroxylation is 1. The fraction of sp³-hybridized carbons (Fsp3) is 0.333. The van der Waals surface area contributed by atoms with Gasteiger partial charge in [0.05, 0.1) is 6.61 Å². The molecule has 1 N–H and O–H groups in total. The summed E-state index contributed by atoms with van der Waals surface area (Å²) in [6.45, 7) is 0.00767. The van der Waals surface area contributed by atoms with Gasteiger partial charge in [-0.15, -0.1) is 0 Å². The fourth-order valence-corrected chi connectivity index (χ4v) is 1.41. The standard InChI is InChI=1S/C9H12O4S.3K.3H/c10-14(11,12)13-8-4-7-9-5-2-1-3-6-9;;;;;;/h1-3,5-6H,4,7-8H2,(H,10,11,12);;;;;;/q;3*+1;3*-1. The van der Waals surface area contributed by atoms with Crippen LogP contribution in [-0.2, 0) is 21.0 Å². The average Bonchev–Trinajstić information content (AvgIpc) is 2.13. The maximum atomic E-state index is 10.2. The third-order valence-electron chi connectivity index (χ3n) is 1.68. The predicted molar refractivity (Wildman–Crippen MR) is 55.6 cm³/mol. The third kappa shape index (κ3) is 16.2. The molecule has 1 aromatic rings. The Hall–Kier alpha value is 4.00. The maximum Gasteiger partial charge on any atom is 1.00 e. The second-order valence-corrected chi connectivity index (χ2v) is 3.93. The van der Waals surface area contributed by atoms with Gasteiger partial charge in [0.15, 0.2) is 0 Å². The van der Waals surface area contributed by atoms with Gasteiger partial charge in [0, 0.05) is 0 Å². The summed E-state index contributed by atoms with van der Waals surface area (Å²) in [6.07, 6.45) is 1.29. The molecule has 0 spiro atoms. The van der Waals surface area contributed by atoms with Gasteiger partial charge >= 0.3 is 165 Å². The predicted octanol–water partition coefficient (Wildman–Crippen LogP) is -7.21. The largest absolute Gasteiger partial charge is 1.00 e. The van der Waals surface area contributed by atoms with E-state index in [1.54, 1.807) is 0 Å². The van der Waals surface area contributed by atoms with E-state index in [2.05, 4.69) is 4.18 Å². The molecule has 8 heteroatoms. The molecule has 1 aromatic carbocycles. The zero-order valence-corrected chi connectivity index (χ0v) is 20.8. The molecule has 0 atom stereocenters. The number of hydrogen-bond donors (Lipinski definition) is 1. The van der Waals surface area contributed by atoms with Crippen LogP contribution in [0.2, 0.25) is 0 Å². The van der Waals surface area contributed by atoms with Crippen molar-refractivity contribution in [3.8, 4) is 0 Å². The Morgan fingerprint density at radius 3 is 2.12 bits per heavy atom. The van der Waals surface area contributed by atoms with Gasteiger partial charge < -0.3 is 4.28 Å². The van der Waals surface area contributed by atoms with E-state index in [9.17, 15) is 8.42 Å². The summed E-state index contributed by atoms with van der Waals surface area (Å²) in [5, 5.41) is 0. The van der Waals surface area contributed by atoms with E-state index >= 15 is 0 Å². The zero-order chi connectivity index (χ0) is 10.4. The Bertz CT molecular complexity index is 381. The van der Waals surface area contributed by atoms with Crippen LogP contribution in [-0.4, -0.2) is 19.6 Å². The monoisotopic (exact) mass is 336 g/mol. The van der Waals surface area contributed by atoms with Crippen LogP contribution in [0.3, 0.4) is 0 Å². The minimum atomic E-state index is -4.28. The van der Waals surface area contributed by atoms with Crippen molar-refractivity contribution in [2.75, 3.05) is 6.61 Å². The SMILES string of the molecule is O=S(=O)(O)OCCCc1ccccc1.[H-].[H-].[H-].[K+].[K+].[K+]. The number of rotatable bonds is 5. The Morgan fingerprint density at radius 2 is 1.65 bits per heavy atom. The molecular formula is C9H15K3O4S. The Labute approximate surface area is 235 Å². The summed E-state index contributed by atoms with van der Waals surface area (Å²) in [4.78, 5) is 0. The van der Waals surface area contributed by atoms with Gasteiger partial charge in [0.2, 0.25) is 0 Å². The van der Waals surface area contributed by atoms with Crippen LogP contribution in [0.25, 0.3) is 0 Å². The molecule has 0 radical (unpaired) electrons. The molecule has 0 aliphatic rings. The van der Waals surface area contributed by atoms with Crippen molar-refractivity contribution in [1.82, 2.24) is 0 Å². The maximum absolute atomic E-state index is 10.2. The van der Waals surface area contributed by atoms with Crippen LogP contribution >= 0.6 is 0 Å². The normalized spacial score (nSPS) is 9.47. The minimum absolute atomic E-state index is 0. The van der Waals surface area contributed by atoms with E-state index in [-0.39, 0.29) is 165 Å². The van der Waals surface area contributed by atoms with E-state index in [1.807, 2.05) is 30.3 Å². The molecule has 4 nitrogen and oxygen atoms in total. The van der Waals surface area contributed by atoms with Crippen LogP contribution in [0.5, 0.6) is 0 Å². The molecular weight excluding hydrogens is 321 g/mol. The quantitative estimate of drug-likeness (QED) is 0.330. The van der Waals surface area contributed by atoms with Gasteiger partial charge in [0.25, 0.3) is 0 Å². The summed E-state index contributed by atoms with van der Waals surface area (Å²) in [5.74, 6) is 0. The second-order valence-electron chi connectivity index (χ2n) is 2.84. The minimum Gasteiger partial charge on any atom is -1.00 e. The van der Waals surface area contributed by atoms with Crippen molar-refractivity contribution in [3.05, 3.63) is 35.9 Å². The topological polar surface area (TPSA) is 63.6 Å².